The van der Waals surface area contributed by atoms with Crippen LogP contribution in [0.5, 0.6) is 11.5 Å². The molecule has 2 aromatic rings. The zero-order valence-corrected chi connectivity index (χ0v) is 17.3. The van der Waals surface area contributed by atoms with E-state index in [1.165, 1.54) is 38.4 Å². The number of hydrogen-bond donors (Lipinski definition) is 0. The first-order valence-electron chi connectivity index (χ1n) is 8.87. The predicted octanol–water partition coefficient (Wildman–Crippen LogP) is 3.09. The number of carbonyl (C=O) groups excluding carboxylic acids is 1. The van der Waals surface area contributed by atoms with E-state index in [4.69, 9.17) is 14.2 Å². The van der Waals surface area contributed by atoms with Gasteiger partial charge < -0.3 is 14.2 Å². The number of nitrogens with zero attached hydrogens (tertiary/aromatic N) is 1. The third kappa shape index (κ3) is 5.24. The maximum absolute atomic E-state index is 12.4. The van der Waals surface area contributed by atoms with Crippen molar-refractivity contribution in [1.29, 1.82) is 0 Å². The molecule has 0 heterocycles. The molecule has 8 heteroatoms. The van der Waals surface area contributed by atoms with E-state index in [2.05, 4.69) is 0 Å². The summed E-state index contributed by atoms with van der Waals surface area (Å²) < 4.78 is 41.9. The number of carbonyl (C=O) groups is 1. The molecule has 0 aliphatic heterocycles. The number of hydrogen-bond acceptors (Lipinski definition) is 6. The SMILES string of the molecule is CCOc1ccc(COC(=O)c2cccc(S(=O)(=O)N(C)C)c2)cc1OCC. The van der Waals surface area contributed by atoms with Crippen molar-refractivity contribution < 1.29 is 27.4 Å². The van der Waals surface area contributed by atoms with E-state index < -0.39 is 16.0 Å². The van der Waals surface area contributed by atoms with Gasteiger partial charge in [-0.05, 0) is 49.7 Å². The molecule has 0 spiro atoms. The molecule has 0 aliphatic rings. The highest BCUT2D eigenvalue weighted by Gasteiger charge is 2.19. The van der Waals surface area contributed by atoms with Gasteiger partial charge in [-0.15, -0.1) is 0 Å². The Hall–Kier alpha value is -2.58. The lowest BCUT2D eigenvalue weighted by Crippen LogP contribution is -2.22. The zero-order chi connectivity index (χ0) is 20.7. The Morgan fingerprint density at radius 3 is 2.29 bits per heavy atom. The molecule has 2 rings (SSSR count). The Balaban J connectivity index is 2.13. The van der Waals surface area contributed by atoms with Gasteiger partial charge in [-0.1, -0.05) is 12.1 Å². The van der Waals surface area contributed by atoms with E-state index in [0.717, 1.165) is 9.87 Å². The third-order valence-corrected chi connectivity index (χ3v) is 5.64. The molecule has 0 saturated carbocycles. The maximum Gasteiger partial charge on any atom is 0.338 e. The molecule has 152 valence electrons. The van der Waals surface area contributed by atoms with Crippen LogP contribution < -0.4 is 9.47 Å². The number of benzene rings is 2. The average Bonchev–Trinajstić information content (AvgIpc) is 2.68. The summed E-state index contributed by atoms with van der Waals surface area (Å²) in [5.41, 5.74) is 0.899. The van der Waals surface area contributed by atoms with Gasteiger partial charge in [0.2, 0.25) is 10.0 Å². The fourth-order valence-corrected chi connectivity index (χ4v) is 3.36. The number of esters is 1. The van der Waals surface area contributed by atoms with Gasteiger partial charge in [-0.2, -0.15) is 0 Å². The van der Waals surface area contributed by atoms with Gasteiger partial charge in [0, 0.05) is 14.1 Å². The van der Waals surface area contributed by atoms with Gasteiger partial charge in [0.05, 0.1) is 23.7 Å². The number of ether oxygens (including phenoxy) is 3. The topological polar surface area (TPSA) is 82.1 Å². The van der Waals surface area contributed by atoms with Crippen LogP contribution in [0.25, 0.3) is 0 Å². The summed E-state index contributed by atoms with van der Waals surface area (Å²) in [4.78, 5) is 12.4. The van der Waals surface area contributed by atoms with Crippen molar-refractivity contribution in [3.8, 4) is 11.5 Å². The smallest absolute Gasteiger partial charge is 0.338 e. The van der Waals surface area contributed by atoms with E-state index in [9.17, 15) is 13.2 Å². The first-order chi connectivity index (χ1) is 13.3. The van der Waals surface area contributed by atoms with Crippen LogP contribution in [-0.2, 0) is 21.4 Å². The molecule has 0 unspecified atom stereocenters. The fraction of sp³-hybridized carbons (Fsp3) is 0.350. The Morgan fingerprint density at radius 1 is 0.964 bits per heavy atom. The van der Waals surface area contributed by atoms with E-state index >= 15 is 0 Å². The van der Waals surface area contributed by atoms with Crippen molar-refractivity contribution in [3.63, 3.8) is 0 Å². The molecular weight excluding hydrogens is 382 g/mol. The van der Waals surface area contributed by atoms with Crippen molar-refractivity contribution in [2.45, 2.75) is 25.3 Å². The first kappa shape index (κ1) is 21.7. The quantitative estimate of drug-likeness (QED) is 0.594. The second-order valence-electron chi connectivity index (χ2n) is 6.04. The van der Waals surface area contributed by atoms with Crippen LogP contribution in [0.2, 0.25) is 0 Å². The van der Waals surface area contributed by atoms with Crippen LogP contribution in [0.3, 0.4) is 0 Å². The Morgan fingerprint density at radius 2 is 1.64 bits per heavy atom. The van der Waals surface area contributed by atoms with Crippen LogP contribution in [0.4, 0.5) is 0 Å². The van der Waals surface area contributed by atoms with Gasteiger partial charge in [0.1, 0.15) is 6.61 Å². The van der Waals surface area contributed by atoms with E-state index in [0.29, 0.717) is 24.7 Å². The van der Waals surface area contributed by atoms with Gasteiger partial charge in [-0.3, -0.25) is 0 Å². The first-order valence-corrected chi connectivity index (χ1v) is 10.3. The highest BCUT2D eigenvalue weighted by atomic mass is 32.2. The summed E-state index contributed by atoms with van der Waals surface area (Å²) in [7, 11) is -0.762. The minimum atomic E-state index is -3.63. The molecule has 0 saturated heterocycles. The molecule has 0 radical (unpaired) electrons. The molecular formula is C20H25NO6S. The molecule has 0 N–H and O–H groups in total. The van der Waals surface area contributed by atoms with Crippen molar-refractivity contribution >= 4 is 16.0 Å². The molecule has 0 bridgehead atoms. The van der Waals surface area contributed by atoms with Crippen LogP contribution in [0.15, 0.2) is 47.4 Å². The lowest BCUT2D eigenvalue weighted by atomic mass is 10.2. The number of rotatable bonds is 9. The van der Waals surface area contributed by atoms with Crippen LogP contribution in [0, 0.1) is 0 Å². The summed E-state index contributed by atoms with van der Waals surface area (Å²) >= 11 is 0. The van der Waals surface area contributed by atoms with Crippen molar-refractivity contribution in [1.82, 2.24) is 4.31 Å². The van der Waals surface area contributed by atoms with Crippen LogP contribution >= 0.6 is 0 Å². The van der Waals surface area contributed by atoms with Crippen LogP contribution in [0.1, 0.15) is 29.8 Å². The third-order valence-electron chi connectivity index (χ3n) is 3.83. The number of sulfonamides is 1. The average molecular weight is 407 g/mol. The van der Waals surface area contributed by atoms with Gasteiger partial charge in [-0.25, -0.2) is 17.5 Å². The fourth-order valence-electron chi connectivity index (χ4n) is 2.41. The standard InChI is InChI=1S/C20H25NO6S/c1-5-25-18-11-10-15(12-19(18)26-6-2)14-27-20(22)16-8-7-9-17(13-16)28(23,24)21(3)4/h7-13H,5-6,14H2,1-4H3. The van der Waals surface area contributed by atoms with Gasteiger partial charge in [0.25, 0.3) is 0 Å². The Bertz CT molecular complexity index is 924. The summed E-state index contributed by atoms with van der Waals surface area (Å²) in [6.07, 6.45) is 0. The minimum absolute atomic E-state index is 0.0238. The largest absolute Gasteiger partial charge is 0.490 e. The summed E-state index contributed by atoms with van der Waals surface area (Å²) in [6.45, 7) is 4.78. The molecule has 0 aliphatic carbocycles. The summed E-state index contributed by atoms with van der Waals surface area (Å²) in [6, 6.07) is 11.1. The van der Waals surface area contributed by atoms with E-state index in [-0.39, 0.29) is 17.1 Å². The second kappa shape index (κ2) is 9.57. The predicted molar refractivity (Wildman–Crippen MR) is 105 cm³/mol. The monoisotopic (exact) mass is 407 g/mol. The molecule has 0 aromatic heterocycles. The zero-order valence-electron chi connectivity index (χ0n) is 16.5. The van der Waals surface area contributed by atoms with Crippen molar-refractivity contribution in [2.24, 2.45) is 0 Å². The van der Waals surface area contributed by atoms with Crippen molar-refractivity contribution in [2.75, 3.05) is 27.3 Å². The highest BCUT2D eigenvalue weighted by Crippen LogP contribution is 2.29. The molecule has 28 heavy (non-hydrogen) atoms. The lowest BCUT2D eigenvalue weighted by molar-refractivity contribution is 0.0472. The molecule has 0 amide bonds. The normalized spacial score (nSPS) is 11.3. The van der Waals surface area contributed by atoms with Crippen molar-refractivity contribution in [3.05, 3.63) is 53.6 Å². The van der Waals surface area contributed by atoms with E-state index in [1.807, 2.05) is 13.8 Å². The van der Waals surface area contributed by atoms with Gasteiger partial charge in [0.15, 0.2) is 11.5 Å². The van der Waals surface area contributed by atoms with E-state index in [1.54, 1.807) is 18.2 Å². The summed E-state index contributed by atoms with van der Waals surface area (Å²) in [5.74, 6) is 0.598. The molecule has 0 fully saturated rings. The van der Waals surface area contributed by atoms with Gasteiger partial charge >= 0.3 is 5.97 Å². The summed E-state index contributed by atoms with van der Waals surface area (Å²) in [5, 5.41) is 0. The Kier molecular flexibility index (Phi) is 7.42. The second-order valence-corrected chi connectivity index (χ2v) is 8.19. The highest BCUT2D eigenvalue weighted by molar-refractivity contribution is 7.89. The molecule has 2 aromatic carbocycles. The van der Waals surface area contributed by atoms with Crippen LogP contribution in [-0.4, -0.2) is 46.0 Å². The molecule has 0 atom stereocenters. The minimum Gasteiger partial charge on any atom is -0.490 e. The Labute approximate surface area is 165 Å². The lowest BCUT2D eigenvalue weighted by Gasteiger charge is -2.13. The maximum atomic E-state index is 12.4. The molecule has 7 nitrogen and oxygen atoms in total.